The van der Waals surface area contributed by atoms with E-state index in [-0.39, 0.29) is 18.8 Å². The van der Waals surface area contributed by atoms with Crippen molar-refractivity contribution in [3.8, 4) is 11.5 Å². The quantitative estimate of drug-likeness (QED) is 0.429. The zero-order chi connectivity index (χ0) is 24.6. The van der Waals surface area contributed by atoms with E-state index in [0.717, 1.165) is 24.8 Å². The molecule has 0 aliphatic heterocycles. The number of aliphatic hydroxyl groups is 1. The third-order valence-corrected chi connectivity index (χ3v) is 6.63. The van der Waals surface area contributed by atoms with Crippen LogP contribution in [0.25, 0.3) is 0 Å². The molecule has 2 aromatic rings. The van der Waals surface area contributed by atoms with Gasteiger partial charge in [-0.3, -0.25) is 4.79 Å². The maximum absolute atomic E-state index is 13.1. The van der Waals surface area contributed by atoms with Gasteiger partial charge in [0.05, 0.1) is 13.2 Å². The van der Waals surface area contributed by atoms with Crippen LogP contribution in [0.4, 0.5) is 0 Å². The van der Waals surface area contributed by atoms with Crippen molar-refractivity contribution in [1.29, 1.82) is 0 Å². The molecule has 1 amide bonds. The fraction of sp³-hybridized carbons (Fsp3) is 0.462. The van der Waals surface area contributed by atoms with E-state index < -0.39 is 17.4 Å². The minimum atomic E-state index is -1.26. The molecule has 0 saturated heterocycles. The third-order valence-electron chi connectivity index (χ3n) is 6.39. The van der Waals surface area contributed by atoms with Crippen LogP contribution in [0, 0.1) is 5.92 Å². The van der Waals surface area contributed by atoms with Crippen molar-refractivity contribution in [3.05, 3.63) is 58.6 Å². The fourth-order valence-electron chi connectivity index (χ4n) is 4.27. The van der Waals surface area contributed by atoms with Crippen LogP contribution in [0.3, 0.4) is 0 Å². The summed E-state index contributed by atoms with van der Waals surface area (Å²) in [6.07, 6.45) is 3.97. The summed E-state index contributed by atoms with van der Waals surface area (Å²) in [5, 5.41) is 22.4. The number of amides is 1. The number of carbonyl (C=O) groups is 2. The average Bonchev–Trinajstić information content (AvgIpc) is 2.83. The second-order valence-corrected chi connectivity index (χ2v) is 9.09. The van der Waals surface area contributed by atoms with Gasteiger partial charge in [0.25, 0.3) is 5.91 Å². The molecule has 1 aliphatic rings. The highest BCUT2D eigenvalue weighted by atomic mass is 35.5. The Morgan fingerprint density at radius 3 is 2.47 bits per heavy atom. The van der Waals surface area contributed by atoms with Gasteiger partial charge in [-0.15, -0.1) is 0 Å². The van der Waals surface area contributed by atoms with E-state index in [9.17, 15) is 14.7 Å². The van der Waals surface area contributed by atoms with E-state index in [1.165, 1.54) is 0 Å². The number of nitrogens with one attached hydrogen (secondary N) is 1. The lowest BCUT2D eigenvalue weighted by Crippen LogP contribution is -2.56. The van der Waals surface area contributed by atoms with Crippen molar-refractivity contribution in [2.75, 3.05) is 19.8 Å². The molecular formula is C26H32ClNO6. The van der Waals surface area contributed by atoms with Crippen molar-refractivity contribution >= 4 is 23.5 Å². The maximum atomic E-state index is 13.1. The van der Waals surface area contributed by atoms with Crippen molar-refractivity contribution in [2.45, 2.75) is 51.0 Å². The first-order valence-corrected chi connectivity index (χ1v) is 12.1. The summed E-state index contributed by atoms with van der Waals surface area (Å²) < 4.78 is 11.5. The van der Waals surface area contributed by atoms with Gasteiger partial charge in [-0.1, -0.05) is 37.1 Å². The summed E-state index contributed by atoms with van der Waals surface area (Å²) in [6, 6.07) is 12.2. The summed E-state index contributed by atoms with van der Waals surface area (Å²) >= 11 is 6.04. The van der Waals surface area contributed by atoms with Crippen LogP contribution in [0.2, 0.25) is 5.02 Å². The van der Waals surface area contributed by atoms with E-state index in [2.05, 4.69) is 12.2 Å². The second kappa shape index (κ2) is 12.1. The molecule has 0 atom stereocenters. The first-order chi connectivity index (χ1) is 16.4. The number of benzene rings is 2. The first-order valence-electron chi connectivity index (χ1n) is 11.7. The van der Waals surface area contributed by atoms with E-state index in [1.54, 1.807) is 24.3 Å². The molecule has 0 unspecified atom stereocenters. The van der Waals surface area contributed by atoms with Gasteiger partial charge >= 0.3 is 5.97 Å². The molecule has 3 rings (SSSR count). The smallest absolute Gasteiger partial charge is 0.329 e. The summed E-state index contributed by atoms with van der Waals surface area (Å²) in [7, 11) is 0. The summed E-state index contributed by atoms with van der Waals surface area (Å²) in [4.78, 5) is 25.1. The predicted octanol–water partition coefficient (Wildman–Crippen LogP) is 4.49. The molecule has 0 heterocycles. The Morgan fingerprint density at radius 1 is 1.09 bits per heavy atom. The Labute approximate surface area is 205 Å². The van der Waals surface area contributed by atoms with Gasteiger partial charge in [0.15, 0.2) is 11.5 Å². The van der Waals surface area contributed by atoms with Gasteiger partial charge in [0.1, 0.15) is 12.1 Å². The fourth-order valence-corrected chi connectivity index (χ4v) is 4.48. The van der Waals surface area contributed by atoms with E-state index in [4.69, 9.17) is 26.2 Å². The Balaban J connectivity index is 1.74. The van der Waals surface area contributed by atoms with Crippen LogP contribution in [0.1, 0.15) is 54.9 Å². The van der Waals surface area contributed by atoms with Crippen LogP contribution >= 0.6 is 11.6 Å². The van der Waals surface area contributed by atoms with E-state index >= 15 is 0 Å². The Bertz CT molecular complexity index is 987. The number of aliphatic hydroxyl groups excluding tert-OH is 1. The van der Waals surface area contributed by atoms with Gasteiger partial charge in [-0.2, -0.15) is 0 Å². The minimum Gasteiger partial charge on any atom is -0.489 e. The Hall–Kier alpha value is -2.77. The molecule has 0 radical (unpaired) electrons. The topological polar surface area (TPSA) is 105 Å². The van der Waals surface area contributed by atoms with Crippen LogP contribution in [0.5, 0.6) is 11.5 Å². The Kier molecular flexibility index (Phi) is 9.19. The van der Waals surface area contributed by atoms with Crippen LogP contribution in [-0.4, -0.2) is 47.4 Å². The lowest BCUT2D eigenvalue weighted by molar-refractivity contribution is -0.146. The zero-order valence-electron chi connectivity index (χ0n) is 19.4. The number of carboxylic acids is 1. The van der Waals surface area contributed by atoms with Gasteiger partial charge in [0.2, 0.25) is 0 Å². The highest BCUT2D eigenvalue weighted by Gasteiger charge is 2.43. The summed E-state index contributed by atoms with van der Waals surface area (Å²) in [5.74, 6) is -0.232. The van der Waals surface area contributed by atoms with Crippen LogP contribution in [0.15, 0.2) is 42.5 Å². The van der Waals surface area contributed by atoms with Gasteiger partial charge in [0, 0.05) is 17.0 Å². The van der Waals surface area contributed by atoms with Crippen molar-refractivity contribution in [1.82, 2.24) is 5.32 Å². The number of ether oxygens (including phenoxy) is 2. The molecule has 34 heavy (non-hydrogen) atoms. The standard InChI is InChI=1S/C26H32ClNO6/c1-2-18-8-11-26(12-9-18,25(31)32)28-24(30)20-6-7-22(34-15-13-29)23(17-20)33-14-10-19-4-3-5-21(27)16-19/h3-7,16-18,29H,2,8-15H2,1H3,(H,28,30)(H,31,32)/t18-,26-. The number of aliphatic carboxylic acids is 1. The third kappa shape index (κ3) is 6.64. The van der Waals surface area contributed by atoms with Crippen molar-refractivity contribution < 1.29 is 29.3 Å². The number of halogens is 1. The second-order valence-electron chi connectivity index (χ2n) is 8.65. The summed E-state index contributed by atoms with van der Waals surface area (Å²) in [6.45, 7) is 2.34. The molecule has 184 valence electrons. The van der Waals surface area contributed by atoms with Crippen LogP contribution < -0.4 is 14.8 Å². The Morgan fingerprint density at radius 2 is 1.82 bits per heavy atom. The lowest BCUT2D eigenvalue weighted by Gasteiger charge is -2.37. The highest BCUT2D eigenvalue weighted by molar-refractivity contribution is 6.30. The van der Waals surface area contributed by atoms with Crippen LogP contribution in [-0.2, 0) is 11.2 Å². The number of rotatable bonds is 11. The molecule has 1 saturated carbocycles. The molecule has 2 aromatic carbocycles. The predicted molar refractivity (Wildman–Crippen MR) is 130 cm³/mol. The van der Waals surface area contributed by atoms with E-state index in [0.29, 0.717) is 48.3 Å². The average molecular weight is 490 g/mol. The molecule has 8 heteroatoms. The summed E-state index contributed by atoms with van der Waals surface area (Å²) in [5.41, 5.74) is 0.0280. The molecule has 0 spiro atoms. The number of hydrogen-bond donors (Lipinski definition) is 3. The normalized spacial score (nSPS) is 19.9. The first kappa shape index (κ1) is 25.8. The molecule has 0 bridgehead atoms. The minimum absolute atomic E-state index is 0.0803. The molecule has 1 aliphatic carbocycles. The molecule has 3 N–H and O–H groups in total. The van der Waals surface area contributed by atoms with Crippen molar-refractivity contribution in [3.63, 3.8) is 0 Å². The molecule has 7 nitrogen and oxygen atoms in total. The molecule has 1 fully saturated rings. The monoisotopic (exact) mass is 489 g/mol. The number of hydrogen-bond acceptors (Lipinski definition) is 5. The maximum Gasteiger partial charge on any atom is 0.329 e. The molecule has 0 aromatic heterocycles. The number of carbonyl (C=O) groups excluding carboxylic acids is 1. The number of carboxylic acid groups (broad SMARTS) is 1. The van der Waals surface area contributed by atoms with Gasteiger partial charge in [-0.25, -0.2) is 4.79 Å². The van der Waals surface area contributed by atoms with Gasteiger partial charge < -0.3 is 25.0 Å². The molecular weight excluding hydrogens is 458 g/mol. The lowest BCUT2D eigenvalue weighted by atomic mass is 9.75. The SMILES string of the molecule is CC[C@H]1CC[C@@](NC(=O)c2ccc(OCCO)c(OCCc3cccc(Cl)c3)c2)(C(=O)O)CC1. The van der Waals surface area contributed by atoms with Crippen molar-refractivity contribution in [2.24, 2.45) is 5.92 Å². The highest BCUT2D eigenvalue weighted by Crippen LogP contribution is 2.35. The zero-order valence-corrected chi connectivity index (χ0v) is 20.1. The largest absolute Gasteiger partial charge is 0.489 e. The van der Waals surface area contributed by atoms with E-state index in [1.807, 2.05) is 18.2 Å². The van der Waals surface area contributed by atoms with Gasteiger partial charge in [-0.05, 0) is 67.5 Å².